The Morgan fingerprint density at radius 1 is 1.50 bits per heavy atom. The van der Waals surface area contributed by atoms with Gasteiger partial charge in [-0.3, -0.25) is 14.9 Å². The van der Waals surface area contributed by atoms with Gasteiger partial charge in [-0.15, -0.1) is 12.4 Å². The van der Waals surface area contributed by atoms with Gasteiger partial charge in [0, 0.05) is 31.6 Å². The average Bonchev–Trinajstić information content (AvgIpc) is 2.35. The zero-order chi connectivity index (χ0) is 13.7. The molecule has 1 fully saturated rings. The molecule has 1 heterocycles. The third-order valence-corrected chi connectivity index (χ3v) is 2.85. The van der Waals surface area contributed by atoms with E-state index in [1.54, 1.807) is 6.07 Å². The van der Waals surface area contributed by atoms with Gasteiger partial charge in [0.2, 0.25) is 0 Å². The molecule has 2 N–H and O–H groups in total. The first kappa shape index (κ1) is 16.2. The summed E-state index contributed by atoms with van der Waals surface area (Å²) in [5, 5.41) is 16.4. The number of amides is 1. The quantitative estimate of drug-likeness (QED) is 0.597. The summed E-state index contributed by atoms with van der Waals surface area (Å²) in [6.07, 6.45) is 0. The van der Waals surface area contributed by atoms with Crippen LogP contribution in [0.1, 0.15) is 0 Å². The molecule has 1 amide bonds. The molecule has 0 aromatic heterocycles. The van der Waals surface area contributed by atoms with E-state index in [0.717, 1.165) is 13.1 Å². The molecule has 20 heavy (non-hydrogen) atoms. The molecule has 1 aliphatic rings. The highest BCUT2D eigenvalue weighted by molar-refractivity contribution is 5.85. The van der Waals surface area contributed by atoms with E-state index in [9.17, 15) is 14.9 Å². The number of rotatable bonds is 6. The fraction of sp³-hybridized carbons (Fsp3) is 0.417. The minimum absolute atomic E-state index is 0. The highest BCUT2D eigenvalue weighted by atomic mass is 35.5. The minimum atomic E-state index is -0.503. The summed E-state index contributed by atoms with van der Waals surface area (Å²) in [5.41, 5.74) is -0.0570. The van der Waals surface area contributed by atoms with Gasteiger partial charge >= 0.3 is 0 Å². The van der Waals surface area contributed by atoms with E-state index in [1.165, 1.54) is 18.2 Å². The highest BCUT2D eigenvalue weighted by Gasteiger charge is 2.17. The molecule has 1 saturated heterocycles. The molecule has 2 rings (SSSR count). The standard InChI is InChI=1S/C12H15N3O4.ClH/c16-12(14-7-9-5-13-6-9)8-19-11-3-1-2-10(4-11)15(17)18;/h1-4,9,13H,5-8H2,(H,14,16);1H. The molecular formula is C12H16ClN3O4. The summed E-state index contributed by atoms with van der Waals surface area (Å²) >= 11 is 0. The van der Waals surface area contributed by atoms with Crippen molar-refractivity contribution >= 4 is 24.0 Å². The first-order chi connectivity index (χ1) is 9.15. The molecule has 0 unspecified atom stereocenters. The second-order valence-electron chi connectivity index (χ2n) is 4.37. The number of nitro groups is 1. The van der Waals surface area contributed by atoms with Gasteiger partial charge in [-0.2, -0.15) is 0 Å². The summed E-state index contributed by atoms with van der Waals surface area (Å²) in [5.74, 6) is 0.579. The lowest BCUT2D eigenvalue weighted by atomic mass is 10.0. The van der Waals surface area contributed by atoms with Gasteiger partial charge < -0.3 is 15.4 Å². The van der Waals surface area contributed by atoms with Crippen LogP contribution < -0.4 is 15.4 Å². The number of halogens is 1. The van der Waals surface area contributed by atoms with E-state index in [2.05, 4.69) is 10.6 Å². The molecular weight excluding hydrogens is 286 g/mol. The third-order valence-electron chi connectivity index (χ3n) is 2.85. The Morgan fingerprint density at radius 3 is 2.85 bits per heavy atom. The number of nitrogens with zero attached hydrogens (tertiary/aromatic N) is 1. The van der Waals surface area contributed by atoms with Crippen LogP contribution >= 0.6 is 12.4 Å². The second kappa shape index (κ2) is 7.66. The Kier molecular flexibility index (Phi) is 6.20. The van der Waals surface area contributed by atoms with Gasteiger partial charge in [0.15, 0.2) is 6.61 Å². The molecule has 0 bridgehead atoms. The lowest BCUT2D eigenvalue weighted by molar-refractivity contribution is -0.384. The topological polar surface area (TPSA) is 93.5 Å². The van der Waals surface area contributed by atoms with Gasteiger partial charge in [-0.1, -0.05) is 6.07 Å². The van der Waals surface area contributed by atoms with E-state index in [1.807, 2.05) is 0 Å². The Hall–Kier alpha value is -1.86. The Morgan fingerprint density at radius 2 is 2.25 bits per heavy atom. The molecule has 0 aliphatic carbocycles. The van der Waals surface area contributed by atoms with Crippen molar-refractivity contribution in [2.45, 2.75) is 0 Å². The van der Waals surface area contributed by atoms with Crippen molar-refractivity contribution < 1.29 is 14.5 Å². The molecule has 1 aromatic rings. The summed E-state index contributed by atoms with van der Waals surface area (Å²) in [6.45, 7) is 2.34. The maximum absolute atomic E-state index is 11.5. The Balaban J connectivity index is 0.00000200. The molecule has 1 aliphatic heterocycles. The summed E-state index contributed by atoms with van der Waals surface area (Å²) < 4.78 is 5.21. The van der Waals surface area contributed by atoms with Crippen LogP contribution in [0.4, 0.5) is 5.69 Å². The number of nitrogens with one attached hydrogen (secondary N) is 2. The largest absolute Gasteiger partial charge is 0.484 e. The number of non-ortho nitro benzene ring substituents is 1. The summed E-state index contributed by atoms with van der Waals surface area (Å²) in [6, 6.07) is 5.77. The van der Waals surface area contributed by atoms with Crippen molar-refractivity contribution in [3.8, 4) is 5.75 Å². The predicted octanol–water partition coefficient (Wildman–Crippen LogP) is 0.731. The van der Waals surface area contributed by atoms with Crippen LogP contribution in [0.5, 0.6) is 5.75 Å². The number of hydrogen-bond donors (Lipinski definition) is 2. The van der Waals surface area contributed by atoms with Crippen molar-refractivity contribution in [3.05, 3.63) is 34.4 Å². The van der Waals surface area contributed by atoms with Gasteiger partial charge in [0.05, 0.1) is 11.0 Å². The number of hydrogen-bond acceptors (Lipinski definition) is 5. The molecule has 110 valence electrons. The normalized spacial score (nSPS) is 13.8. The number of carbonyl (C=O) groups is 1. The molecule has 0 spiro atoms. The maximum atomic E-state index is 11.5. The third kappa shape index (κ3) is 4.67. The lowest BCUT2D eigenvalue weighted by Crippen LogP contribution is -2.48. The number of benzene rings is 1. The van der Waals surface area contributed by atoms with E-state index in [4.69, 9.17) is 4.74 Å². The van der Waals surface area contributed by atoms with Gasteiger partial charge in [0.25, 0.3) is 11.6 Å². The van der Waals surface area contributed by atoms with Crippen molar-refractivity contribution in [1.29, 1.82) is 0 Å². The van der Waals surface area contributed by atoms with Gasteiger partial charge in [-0.05, 0) is 6.07 Å². The van der Waals surface area contributed by atoms with Crippen molar-refractivity contribution in [3.63, 3.8) is 0 Å². The molecule has 1 aromatic carbocycles. The predicted molar refractivity (Wildman–Crippen MR) is 75.2 cm³/mol. The van der Waals surface area contributed by atoms with Crippen LogP contribution in [-0.2, 0) is 4.79 Å². The molecule has 8 heteroatoms. The first-order valence-electron chi connectivity index (χ1n) is 6.00. The van der Waals surface area contributed by atoms with Crippen LogP contribution in [0.15, 0.2) is 24.3 Å². The van der Waals surface area contributed by atoms with Gasteiger partial charge in [-0.25, -0.2) is 0 Å². The SMILES string of the molecule is Cl.O=C(COc1cccc([N+](=O)[O-])c1)NCC1CNC1. The number of nitro benzene ring substituents is 1. The smallest absolute Gasteiger partial charge is 0.273 e. The van der Waals surface area contributed by atoms with E-state index < -0.39 is 4.92 Å². The van der Waals surface area contributed by atoms with E-state index in [-0.39, 0.29) is 30.6 Å². The fourth-order valence-electron chi connectivity index (χ4n) is 1.64. The fourth-order valence-corrected chi connectivity index (χ4v) is 1.64. The van der Waals surface area contributed by atoms with E-state index in [0.29, 0.717) is 18.2 Å². The Bertz CT molecular complexity index is 480. The molecule has 0 radical (unpaired) electrons. The zero-order valence-corrected chi connectivity index (χ0v) is 11.5. The highest BCUT2D eigenvalue weighted by Crippen LogP contribution is 2.18. The van der Waals surface area contributed by atoms with Gasteiger partial charge in [0.1, 0.15) is 5.75 Å². The van der Waals surface area contributed by atoms with Crippen LogP contribution in [0.25, 0.3) is 0 Å². The molecule has 7 nitrogen and oxygen atoms in total. The first-order valence-corrected chi connectivity index (χ1v) is 6.00. The maximum Gasteiger partial charge on any atom is 0.273 e. The average molecular weight is 302 g/mol. The lowest BCUT2D eigenvalue weighted by Gasteiger charge is -2.27. The van der Waals surface area contributed by atoms with Crippen molar-refractivity contribution in [1.82, 2.24) is 10.6 Å². The number of carbonyl (C=O) groups excluding carboxylic acids is 1. The number of ether oxygens (including phenoxy) is 1. The summed E-state index contributed by atoms with van der Waals surface area (Å²) in [7, 11) is 0. The van der Waals surface area contributed by atoms with Crippen molar-refractivity contribution in [2.75, 3.05) is 26.2 Å². The van der Waals surface area contributed by atoms with Crippen LogP contribution in [0.2, 0.25) is 0 Å². The Labute approximate surface area is 122 Å². The monoisotopic (exact) mass is 301 g/mol. The minimum Gasteiger partial charge on any atom is -0.484 e. The van der Waals surface area contributed by atoms with Crippen LogP contribution in [0, 0.1) is 16.0 Å². The second-order valence-corrected chi connectivity index (χ2v) is 4.37. The summed E-state index contributed by atoms with van der Waals surface area (Å²) in [4.78, 5) is 21.6. The van der Waals surface area contributed by atoms with Crippen LogP contribution in [0.3, 0.4) is 0 Å². The van der Waals surface area contributed by atoms with Crippen molar-refractivity contribution in [2.24, 2.45) is 5.92 Å². The molecule has 0 atom stereocenters. The zero-order valence-electron chi connectivity index (χ0n) is 10.7. The van der Waals surface area contributed by atoms with E-state index >= 15 is 0 Å². The molecule has 0 saturated carbocycles. The van der Waals surface area contributed by atoms with Crippen LogP contribution in [-0.4, -0.2) is 37.1 Å².